The molecule has 0 bridgehead atoms. The fourth-order valence-electron chi connectivity index (χ4n) is 2.19. The van der Waals surface area contributed by atoms with Crippen LogP contribution in [0.15, 0.2) is 24.4 Å². The summed E-state index contributed by atoms with van der Waals surface area (Å²) in [7, 11) is 0. The number of hydrogen-bond acceptors (Lipinski definition) is 3. The molecule has 19 heavy (non-hydrogen) atoms. The van der Waals surface area contributed by atoms with Gasteiger partial charge in [-0.1, -0.05) is 19.1 Å². The van der Waals surface area contributed by atoms with E-state index < -0.39 is 0 Å². The first-order chi connectivity index (χ1) is 9.08. The summed E-state index contributed by atoms with van der Waals surface area (Å²) in [6.07, 6.45) is 2.03. The number of aliphatic hydroxyl groups is 1. The van der Waals surface area contributed by atoms with E-state index in [2.05, 4.69) is 15.5 Å². The Balaban J connectivity index is 2.02. The third kappa shape index (κ3) is 3.32. The molecule has 1 aromatic carbocycles. The normalized spacial score (nSPS) is 14.3. The Labute approximate surface area is 112 Å². The van der Waals surface area contributed by atoms with Crippen LogP contribution < -0.4 is 5.32 Å². The van der Waals surface area contributed by atoms with Crippen LogP contribution >= 0.6 is 0 Å². The zero-order valence-corrected chi connectivity index (χ0v) is 11.2. The largest absolute Gasteiger partial charge is 0.393 e. The molecule has 5 nitrogen and oxygen atoms in total. The van der Waals surface area contributed by atoms with Crippen molar-refractivity contribution in [2.45, 2.75) is 26.4 Å². The van der Waals surface area contributed by atoms with E-state index in [0.717, 1.165) is 10.9 Å². The number of amides is 1. The van der Waals surface area contributed by atoms with Gasteiger partial charge in [0.2, 0.25) is 0 Å². The number of fused-ring (bicyclic) bond motifs is 1. The van der Waals surface area contributed by atoms with Gasteiger partial charge in [0.1, 0.15) is 0 Å². The standard InChI is InChI=1S/C14H19N3O2/c1-9(6-10(2)18)7-15-14(19)12-5-3-4-11-8-16-17-13(11)12/h3-5,8-10,18H,6-7H2,1-2H3,(H,15,19)(H,16,17). The van der Waals surface area contributed by atoms with Crippen molar-refractivity contribution in [2.24, 2.45) is 5.92 Å². The van der Waals surface area contributed by atoms with Crippen molar-refractivity contribution in [1.82, 2.24) is 15.5 Å². The van der Waals surface area contributed by atoms with Crippen LogP contribution in [-0.2, 0) is 0 Å². The van der Waals surface area contributed by atoms with E-state index >= 15 is 0 Å². The predicted molar refractivity (Wildman–Crippen MR) is 73.9 cm³/mol. The molecule has 5 heteroatoms. The summed E-state index contributed by atoms with van der Waals surface area (Å²) in [5, 5.41) is 19.9. The minimum absolute atomic E-state index is 0.118. The number of carbonyl (C=O) groups is 1. The fraction of sp³-hybridized carbons (Fsp3) is 0.429. The lowest BCUT2D eigenvalue weighted by Gasteiger charge is -2.14. The van der Waals surface area contributed by atoms with Gasteiger partial charge in [0, 0.05) is 11.9 Å². The summed E-state index contributed by atoms with van der Waals surface area (Å²) < 4.78 is 0. The number of aromatic amines is 1. The van der Waals surface area contributed by atoms with Crippen molar-refractivity contribution < 1.29 is 9.90 Å². The minimum atomic E-state index is -0.344. The van der Waals surface area contributed by atoms with Gasteiger partial charge in [-0.05, 0) is 25.3 Å². The number of aromatic nitrogens is 2. The molecule has 0 radical (unpaired) electrons. The Morgan fingerprint density at radius 2 is 2.26 bits per heavy atom. The summed E-state index contributed by atoms with van der Waals surface area (Å²) in [6, 6.07) is 5.52. The molecule has 2 aromatic rings. The highest BCUT2D eigenvalue weighted by Gasteiger charge is 2.13. The van der Waals surface area contributed by atoms with Crippen molar-refractivity contribution in [3.05, 3.63) is 30.0 Å². The molecule has 1 aromatic heterocycles. The Hall–Kier alpha value is -1.88. The number of hydrogen-bond donors (Lipinski definition) is 3. The number of para-hydroxylation sites is 1. The number of nitrogens with one attached hydrogen (secondary N) is 2. The Bertz CT molecular complexity index is 563. The molecule has 0 fully saturated rings. The molecular weight excluding hydrogens is 242 g/mol. The van der Waals surface area contributed by atoms with Gasteiger partial charge in [0.25, 0.3) is 5.91 Å². The summed E-state index contributed by atoms with van der Waals surface area (Å²) in [5.74, 6) is 0.122. The van der Waals surface area contributed by atoms with Gasteiger partial charge in [-0.3, -0.25) is 9.89 Å². The van der Waals surface area contributed by atoms with Crippen molar-refractivity contribution in [3.63, 3.8) is 0 Å². The number of aliphatic hydroxyl groups excluding tert-OH is 1. The Morgan fingerprint density at radius 1 is 1.47 bits per heavy atom. The lowest BCUT2D eigenvalue weighted by atomic mass is 10.0. The number of benzene rings is 1. The summed E-state index contributed by atoms with van der Waals surface area (Å²) >= 11 is 0. The van der Waals surface area contributed by atoms with E-state index in [1.54, 1.807) is 19.2 Å². The van der Waals surface area contributed by atoms with E-state index in [0.29, 0.717) is 18.5 Å². The molecule has 0 spiro atoms. The van der Waals surface area contributed by atoms with Crippen molar-refractivity contribution in [1.29, 1.82) is 0 Å². The topological polar surface area (TPSA) is 78.0 Å². The molecule has 2 atom stereocenters. The quantitative estimate of drug-likeness (QED) is 0.766. The van der Waals surface area contributed by atoms with Crippen LogP contribution in [0, 0.1) is 5.92 Å². The number of carbonyl (C=O) groups excluding carboxylic acids is 1. The zero-order valence-electron chi connectivity index (χ0n) is 11.2. The van der Waals surface area contributed by atoms with Gasteiger partial charge in [-0.25, -0.2) is 0 Å². The molecule has 1 heterocycles. The highest BCUT2D eigenvalue weighted by atomic mass is 16.3. The molecule has 1 amide bonds. The number of H-pyrrole nitrogens is 1. The average Bonchev–Trinajstić information content (AvgIpc) is 2.83. The van der Waals surface area contributed by atoms with Crippen LogP contribution in [0.5, 0.6) is 0 Å². The van der Waals surface area contributed by atoms with Crippen molar-refractivity contribution in [3.8, 4) is 0 Å². The van der Waals surface area contributed by atoms with Crippen LogP contribution in [0.4, 0.5) is 0 Å². The van der Waals surface area contributed by atoms with E-state index in [9.17, 15) is 9.90 Å². The summed E-state index contributed by atoms with van der Waals surface area (Å²) in [6.45, 7) is 4.31. The molecule has 0 saturated carbocycles. The maximum atomic E-state index is 12.1. The van der Waals surface area contributed by atoms with Crippen LogP contribution in [0.1, 0.15) is 30.6 Å². The zero-order chi connectivity index (χ0) is 13.8. The molecule has 102 valence electrons. The van der Waals surface area contributed by atoms with Gasteiger partial charge >= 0.3 is 0 Å². The first kappa shape index (κ1) is 13.5. The fourth-order valence-corrected chi connectivity index (χ4v) is 2.19. The van der Waals surface area contributed by atoms with E-state index in [1.165, 1.54) is 0 Å². The van der Waals surface area contributed by atoms with Crippen molar-refractivity contribution in [2.75, 3.05) is 6.54 Å². The molecule has 2 unspecified atom stereocenters. The van der Waals surface area contributed by atoms with E-state index in [-0.39, 0.29) is 17.9 Å². The molecule has 3 N–H and O–H groups in total. The first-order valence-electron chi connectivity index (χ1n) is 6.46. The smallest absolute Gasteiger partial charge is 0.253 e. The van der Waals surface area contributed by atoms with Crippen LogP contribution in [0.2, 0.25) is 0 Å². The van der Waals surface area contributed by atoms with Crippen molar-refractivity contribution >= 4 is 16.8 Å². The first-order valence-corrected chi connectivity index (χ1v) is 6.46. The molecule has 0 aliphatic rings. The maximum Gasteiger partial charge on any atom is 0.253 e. The SMILES string of the molecule is CC(O)CC(C)CNC(=O)c1cccc2cn[nH]c12. The van der Waals surface area contributed by atoms with Crippen LogP contribution in [0.3, 0.4) is 0 Å². The minimum Gasteiger partial charge on any atom is -0.393 e. The third-order valence-corrected chi connectivity index (χ3v) is 3.08. The van der Waals surface area contributed by atoms with E-state index in [4.69, 9.17) is 0 Å². The van der Waals surface area contributed by atoms with Gasteiger partial charge < -0.3 is 10.4 Å². The summed E-state index contributed by atoms with van der Waals surface area (Å²) in [4.78, 5) is 12.1. The number of nitrogens with zero attached hydrogens (tertiary/aromatic N) is 1. The molecule has 0 aliphatic heterocycles. The molecule has 0 saturated heterocycles. The molecular formula is C14H19N3O2. The highest BCUT2D eigenvalue weighted by molar-refractivity contribution is 6.05. The monoisotopic (exact) mass is 261 g/mol. The average molecular weight is 261 g/mol. The van der Waals surface area contributed by atoms with Crippen LogP contribution in [0.25, 0.3) is 10.9 Å². The lowest BCUT2D eigenvalue weighted by Crippen LogP contribution is -2.29. The second-order valence-corrected chi connectivity index (χ2v) is 5.04. The highest BCUT2D eigenvalue weighted by Crippen LogP contribution is 2.15. The van der Waals surface area contributed by atoms with E-state index in [1.807, 2.05) is 19.1 Å². The van der Waals surface area contributed by atoms with Gasteiger partial charge in [0.15, 0.2) is 0 Å². The Morgan fingerprint density at radius 3 is 3.00 bits per heavy atom. The Kier molecular flexibility index (Phi) is 4.16. The second kappa shape index (κ2) is 5.84. The van der Waals surface area contributed by atoms with Crippen LogP contribution in [-0.4, -0.2) is 33.9 Å². The van der Waals surface area contributed by atoms with Gasteiger partial charge in [-0.15, -0.1) is 0 Å². The lowest BCUT2D eigenvalue weighted by molar-refractivity contribution is 0.0941. The van der Waals surface area contributed by atoms with Gasteiger partial charge in [0.05, 0.1) is 23.4 Å². The molecule has 2 rings (SSSR count). The second-order valence-electron chi connectivity index (χ2n) is 5.04. The third-order valence-electron chi connectivity index (χ3n) is 3.08. The predicted octanol–water partition coefficient (Wildman–Crippen LogP) is 1.70. The van der Waals surface area contributed by atoms with Gasteiger partial charge in [-0.2, -0.15) is 5.10 Å². The number of rotatable bonds is 5. The maximum absolute atomic E-state index is 12.1. The summed E-state index contributed by atoms with van der Waals surface area (Å²) in [5.41, 5.74) is 1.35. The molecule has 0 aliphatic carbocycles.